The van der Waals surface area contributed by atoms with Gasteiger partial charge in [-0.15, -0.1) is 0 Å². The van der Waals surface area contributed by atoms with E-state index in [0.717, 1.165) is 43.1 Å². The largest absolute Gasteiger partial charge is 0.356 e. The molecule has 4 saturated carbocycles. The molecule has 4 bridgehead atoms. The van der Waals surface area contributed by atoms with Crippen molar-refractivity contribution in [1.29, 1.82) is 0 Å². The monoisotopic (exact) mass is 389 g/mol. The Labute approximate surface area is 171 Å². The van der Waals surface area contributed by atoms with Crippen molar-refractivity contribution in [3.8, 4) is 0 Å². The topological polar surface area (TPSA) is 29.1 Å². The molecule has 3 heteroatoms. The molecule has 0 spiro atoms. The summed E-state index contributed by atoms with van der Waals surface area (Å²) in [5, 5.41) is 3.32. The van der Waals surface area contributed by atoms with Crippen LogP contribution in [0.25, 0.3) is 0 Å². The van der Waals surface area contributed by atoms with Gasteiger partial charge in [-0.25, -0.2) is 4.39 Å². The van der Waals surface area contributed by atoms with Crippen LogP contribution in [-0.2, 0) is 11.2 Å². The number of carbonyl (C=O) groups is 1. The molecule has 150 valence electrons. The smallest absolute Gasteiger partial charge is 0.226 e. The number of rotatable bonds is 6. The predicted molar refractivity (Wildman–Crippen MR) is 111 cm³/mol. The van der Waals surface area contributed by atoms with Gasteiger partial charge in [0, 0.05) is 12.5 Å². The third kappa shape index (κ3) is 2.93. The fraction of sp³-hybridized carbons (Fsp3) is 0.500. The molecule has 0 aromatic heterocycles. The number of hydrogen-bond acceptors (Lipinski definition) is 1. The van der Waals surface area contributed by atoms with E-state index in [1.54, 1.807) is 12.1 Å². The number of halogens is 1. The van der Waals surface area contributed by atoms with E-state index in [4.69, 9.17) is 0 Å². The van der Waals surface area contributed by atoms with Gasteiger partial charge in [-0.1, -0.05) is 30.3 Å². The van der Waals surface area contributed by atoms with Gasteiger partial charge in [0.15, 0.2) is 0 Å². The first-order valence-electron chi connectivity index (χ1n) is 11.3. The maximum absolute atomic E-state index is 13.5. The minimum atomic E-state index is -0.202. The summed E-state index contributed by atoms with van der Waals surface area (Å²) in [6.45, 7) is 0.682. The molecule has 1 N–H and O–H groups in total. The maximum Gasteiger partial charge on any atom is 0.226 e. The van der Waals surface area contributed by atoms with Crippen molar-refractivity contribution in [2.45, 2.75) is 50.9 Å². The number of benzene rings is 2. The second-order valence-electron chi connectivity index (χ2n) is 10.1. The van der Waals surface area contributed by atoms with Crippen molar-refractivity contribution in [3.63, 3.8) is 0 Å². The van der Waals surface area contributed by atoms with Crippen molar-refractivity contribution in [3.05, 3.63) is 70.5 Å². The van der Waals surface area contributed by atoms with Crippen LogP contribution in [0.15, 0.2) is 42.5 Å². The fourth-order valence-corrected chi connectivity index (χ4v) is 7.03. The Balaban J connectivity index is 1.17. The van der Waals surface area contributed by atoms with Crippen molar-refractivity contribution in [2.24, 2.45) is 23.2 Å². The summed E-state index contributed by atoms with van der Waals surface area (Å²) in [7, 11) is 0. The molecule has 3 unspecified atom stereocenters. The average molecular weight is 390 g/mol. The highest BCUT2D eigenvalue weighted by Gasteiger charge is 2.61. The van der Waals surface area contributed by atoms with Crippen molar-refractivity contribution in [2.75, 3.05) is 6.54 Å². The van der Waals surface area contributed by atoms with Crippen LogP contribution in [0.1, 0.15) is 66.7 Å². The second-order valence-corrected chi connectivity index (χ2v) is 10.1. The molecule has 0 radical (unpaired) electrons. The first-order valence-corrected chi connectivity index (χ1v) is 11.3. The molecule has 2 nitrogen and oxygen atoms in total. The zero-order chi connectivity index (χ0) is 19.6. The third-order valence-electron chi connectivity index (χ3n) is 8.32. The van der Waals surface area contributed by atoms with Crippen LogP contribution >= 0.6 is 0 Å². The van der Waals surface area contributed by atoms with Gasteiger partial charge in [0.1, 0.15) is 5.82 Å². The van der Waals surface area contributed by atoms with Crippen LogP contribution in [0, 0.1) is 29.0 Å². The van der Waals surface area contributed by atoms with E-state index in [-0.39, 0.29) is 17.2 Å². The molecular formula is C26H28FNO. The second kappa shape index (κ2) is 6.42. The fourth-order valence-electron chi connectivity index (χ4n) is 7.03. The van der Waals surface area contributed by atoms with Gasteiger partial charge in [0.05, 0.1) is 5.41 Å². The molecule has 4 fully saturated rings. The first kappa shape index (κ1) is 17.7. The van der Waals surface area contributed by atoms with E-state index < -0.39 is 0 Å². The number of fused-ring (bicyclic) bond motifs is 1. The zero-order valence-electron chi connectivity index (χ0n) is 16.8. The van der Waals surface area contributed by atoms with E-state index >= 15 is 0 Å². The SMILES string of the molecule is O=C(NCCC(c1ccc(F)cc1)c1ccc2c(c1)C2)C12CC3CC(CC1C3)C2. The van der Waals surface area contributed by atoms with Crippen LogP contribution < -0.4 is 5.32 Å². The lowest BCUT2D eigenvalue weighted by Crippen LogP contribution is -2.42. The van der Waals surface area contributed by atoms with Gasteiger partial charge in [0.25, 0.3) is 0 Å². The highest BCUT2D eigenvalue weighted by atomic mass is 19.1. The number of carbonyl (C=O) groups excluding carboxylic acids is 1. The van der Waals surface area contributed by atoms with E-state index in [1.807, 2.05) is 12.1 Å². The number of nitrogens with one attached hydrogen (secondary N) is 1. The van der Waals surface area contributed by atoms with Crippen LogP contribution in [0.5, 0.6) is 0 Å². The Bertz CT molecular complexity index is 951. The van der Waals surface area contributed by atoms with E-state index in [1.165, 1.54) is 36.0 Å². The lowest BCUT2D eigenvalue weighted by Gasteiger charge is -2.31. The highest BCUT2D eigenvalue weighted by molar-refractivity contribution is 5.84. The standard InChI is InChI=1S/C26H28FNO/c27-23-5-3-18(4-6-23)24(20-2-1-19-12-21(19)13-20)7-8-28-25(29)26-14-16-9-17(15-26)11-22(26)10-16/h1-6,13,16-17,22,24H,7-12,14-15H2,(H,28,29). The molecule has 0 aliphatic heterocycles. The highest BCUT2D eigenvalue weighted by Crippen LogP contribution is 2.65. The predicted octanol–water partition coefficient (Wildman–Crippen LogP) is 5.19. The normalized spacial score (nSPS) is 31.6. The third-order valence-corrected chi connectivity index (χ3v) is 8.32. The molecule has 2 aromatic carbocycles. The van der Waals surface area contributed by atoms with E-state index in [9.17, 15) is 9.18 Å². The summed E-state index contributed by atoms with van der Waals surface area (Å²) in [4.78, 5) is 13.2. The van der Waals surface area contributed by atoms with Gasteiger partial charge in [-0.3, -0.25) is 4.79 Å². The van der Waals surface area contributed by atoms with Crippen molar-refractivity contribution >= 4 is 5.91 Å². The summed E-state index contributed by atoms with van der Waals surface area (Å²) < 4.78 is 13.5. The van der Waals surface area contributed by atoms with Crippen LogP contribution in [0.3, 0.4) is 0 Å². The maximum atomic E-state index is 13.5. The lowest BCUT2D eigenvalue weighted by atomic mass is 9.75. The molecule has 7 rings (SSSR count). The van der Waals surface area contributed by atoms with Crippen LogP contribution in [0.4, 0.5) is 4.39 Å². The minimum Gasteiger partial charge on any atom is -0.356 e. The Morgan fingerprint density at radius 1 is 1.00 bits per heavy atom. The van der Waals surface area contributed by atoms with Gasteiger partial charge in [-0.05, 0) is 97.1 Å². The molecule has 5 aliphatic rings. The Kier molecular flexibility index (Phi) is 3.91. The molecule has 5 aliphatic carbocycles. The summed E-state index contributed by atoms with van der Waals surface area (Å²) in [6.07, 6.45) is 8.09. The molecule has 3 atom stereocenters. The molecule has 1 amide bonds. The van der Waals surface area contributed by atoms with Gasteiger partial charge >= 0.3 is 0 Å². The van der Waals surface area contributed by atoms with Crippen molar-refractivity contribution in [1.82, 2.24) is 5.32 Å². The van der Waals surface area contributed by atoms with E-state index in [2.05, 4.69) is 23.5 Å². The summed E-state index contributed by atoms with van der Waals surface area (Å²) in [5.41, 5.74) is 5.21. The molecule has 0 saturated heterocycles. The Morgan fingerprint density at radius 3 is 2.45 bits per heavy atom. The first-order chi connectivity index (χ1) is 14.1. The van der Waals surface area contributed by atoms with Crippen molar-refractivity contribution < 1.29 is 9.18 Å². The Hall–Kier alpha value is -2.16. The van der Waals surface area contributed by atoms with Gasteiger partial charge < -0.3 is 5.32 Å². The summed E-state index contributed by atoms with van der Waals surface area (Å²) in [6, 6.07) is 13.6. The van der Waals surface area contributed by atoms with Gasteiger partial charge in [-0.2, -0.15) is 0 Å². The Morgan fingerprint density at radius 2 is 1.72 bits per heavy atom. The molecular weight excluding hydrogens is 361 g/mol. The average Bonchev–Trinajstić information content (AvgIpc) is 3.39. The zero-order valence-corrected chi connectivity index (χ0v) is 16.8. The van der Waals surface area contributed by atoms with Crippen LogP contribution in [0.2, 0.25) is 0 Å². The van der Waals surface area contributed by atoms with Gasteiger partial charge in [0.2, 0.25) is 5.91 Å². The quantitative estimate of drug-likeness (QED) is 0.617. The van der Waals surface area contributed by atoms with E-state index in [0.29, 0.717) is 18.4 Å². The molecule has 29 heavy (non-hydrogen) atoms. The molecule has 2 aromatic rings. The minimum absolute atomic E-state index is 0.0588. The number of amides is 1. The lowest BCUT2D eigenvalue weighted by molar-refractivity contribution is -0.132. The number of hydrogen-bond donors (Lipinski definition) is 1. The molecule has 0 heterocycles. The van der Waals surface area contributed by atoms with Crippen LogP contribution in [-0.4, -0.2) is 12.5 Å². The summed E-state index contributed by atoms with van der Waals surface area (Å²) >= 11 is 0. The summed E-state index contributed by atoms with van der Waals surface area (Å²) in [5.74, 6) is 2.52.